The van der Waals surface area contributed by atoms with Crippen LogP contribution in [0.15, 0.2) is 48.6 Å². The number of amides is 1. The molecule has 0 saturated carbocycles. The summed E-state index contributed by atoms with van der Waals surface area (Å²) in [6.07, 6.45) is 33.5. The van der Waals surface area contributed by atoms with Crippen LogP contribution in [-0.4, -0.2) is 107 Å². The number of hydrogen-bond acceptors (Lipinski definition) is 11. The van der Waals surface area contributed by atoms with Crippen molar-refractivity contribution in [2.24, 2.45) is 0 Å². The van der Waals surface area contributed by atoms with E-state index in [0.717, 1.165) is 51.4 Å². The van der Waals surface area contributed by atoms with E-state index in [0.29, 0.717) is 12.8 Å². The van der Waals surface area contributed by atoms with Gasteiger partial charge in [0.15, 0.2) is 6.29 Å². The summed E-state index contributed by atoms with van der Waals surface area (Å²) in [6, 6.07) is -1.14. The van der Waals surface area contributed by atoms with Crippen LogP contribution in [0.3, 0.4) is 0 Å². The molecule has 1 heterocycles. The summed E-state index contributed by atoms with van der Waals surface area (Å²) >= 11 is 0. The van der Waals surface area contributed by atoms with E-state index < -0.39 is 78.5 Å². The monoisotopic (exact) mass is 888 g/mol. The summed E-state index contributed by atoms with van der Waals surface area (Å²) in [5.74, 6) is -0.715. The maximum atomic E-state index is 13.1. The molecule has 0 aromatic rings. The Morgan fingerprint density at radius 2 is 1.20 bits per heavy atom. The van der Waals surface area contributed by atoms with Crippen molar-refractivity contribution < 1.29 is 57.0 Å². The van der Waals surface area contributed by atoms with Crippen LogP contribution >= 0.6 is 0 Å². The first-order valence-electron chi connectivity index (χ1n) is 23.6. The summed E-state index contributed by atoms with van der Waals surface area (Å²) in [6.45, 7) is 3.07. The highest BCUT2D eigenvalue weighted by atomic mass is 32.3. The molecule has 0 aliphatic carbocycles. The normalized spacial score (nSPS) is 21.6. The summed E-state index contributed by atoms with van der Waals surface area (Å²) in [5, 5.41) is 55.1. The number of rotatable bonds is 39. The lowest BCUT2D eigenvalue weighted by Crippen LogP contribution is -2.61. The fraction of sp³-hybridized carbons (Fsp3) is 0.809. The molecule has 8 atom stereocenters. The predicted molar refractivity (Wildman–Crippen MR) is 242 cm³/mol. The van der Waals surface area contributed by atoms with Crippen LogP contribution in [0.4, 0.5) is 0 Å². The molecule has 356 valence electrons. The molecule has 1 aliphatic rings. The quantitative estimate of drug-likeness (QED) is 0.0177. The van der Waals surface area contributed by atoms with Crippen LogP contribution in [0.1, 0.15) is 181 Å². The van der Waals surface area contributed by atoms with Crippen molar-refractivity contribution in [2.45, 2.75) is 230 Å². The topological polar surface area (TPSA) is 212 Å². The largest absolute Gasteiger partial charge is 0.397 e. The maximum absolute atomic E-state index is 13.1. The first-order chi connectivity index (χ1) is 29.4. The van der Waals surface area contributed by atoms with Gasteiger partial charge in [-0.15, -0.1) is 0 Å². The van der Waals surface area contributed by atoms with Crippen molar-refractivity contribution in [1.82, 2.24) is 5.32 Å². The van der Waals surface area contributed by atoms with E-state index in [1.165, 1.54) is 102 Å². The lowest BCUT2D eigenvalue weighted by atomic mass is 9.99. The number of allylic oxidation sites excluding steroid dienone is 7. The Morgan fingerprint density at radius 1 is 0.689 bits per heavy atom. The Balaban J connectivity index is 2.53. The third-order valence-corrected chi connectivity index (χ3v) is 11.4. The highest BCUT2D eigenvalue weighted by Gasteiger charge is 2.48. The fourth-order valence-electron chi connectivity index (χ4n) is 7.22. The SMILES string of the molecule is CC/C=C\C/C=C\CCCCCCCCCCCCCCCC(O)C(=O)NC(COC1OC(CO)C(O)C(OS(=O)(=O)O)C1O)C(O)/C=C/CC/C=C/CCCCCCCC. The van der Waals surface area contributed by atoms with E-state index in [2.05, 4.69) is 59.8 Å². The van der Waals surface area contributed by atoms with Crippen molar-refractivity contribution in [3.8, 4) is 0 Å². The molecule has 0 aromatic carbocycles. The van der Waals surface area contributed by atoms with Gasteiger partial charge < -0.3 is 40.3 Å². The average molecular weight is 888 g/mol. The van der Waals surface area contributed by atoms with Crippen molar-refractivity contribution in [3.63, 3.8) is 0 Å². The van der Waals surface area contributed by atoms with Gasteiger partial charge in [-0.2, -0.15) is 8.42 Å². The second-order valence-electron chi connectivity index (χ2n) is 16.4. The molecule has 7 N–H and O–H groups in total. The van der Waals surface area contributed by atoms with Crippen molar-refractivity contribution in [2.75, 3.05) is 13.2 Å². The van der Waals surface area contributed by atoms with Crippen LogP contribution in [0.2, 0.25) is 0 Å². The van der Waals surface area contributed by atoms with E-state index in [1.54, 1.807) is 6.08 Å². The molecule has 1 amide bonds. The second-order valence-corrected chi connectivity index (χ2v) is 17.5. The molecule has 0 bridgehead atoms. The van der Waals surface area contributed by atoms with E-state index in [4.69, 9.17) is 9.47 Å². The summed E-state index contributed by atoms with van der Waals surface area (Å²) < 4.78 is 47.5. The summed E-state index contributed by atoms with van der Waals surface area (Å²) in [7, 11) is -5.12. The second kappa shape index (κ2) is 37.4. The molecule has 0 aromatic heterocycles. The molecule has 0 radical (unpaired) electrons. The summed E-state index contributed by atoms with van der Waals surface area (Å²) in [5.41, 5.74) is 0. The third kappa shape index (κ3) is 29.9. The maximum Gasteiger partial charge on any atom is 0.397 e. The van der Waals surface area contributed by atoms with Gasteiger partial charge in [0, 0.05) is 0 Å². The molecule has 0 spiro atoms. The van der Waals surface area contributed by atoms with Gasteiger partial charge in [0.25, 0.3) is 0 Å². The first-order valence-corrected chi connectivity index (χ1v) is 25.0. The van der Waals surface area contributed by atoms with E-state index in [-0.39, 0.29) is 6.42 Å². The fourth-order valence-corrected chi connectivity index (χ4v) is 7.73. The van der Waals surface area contributed by atoms with Crippen LogP contribution in [0.25, 0.3) is 0 Å². The molecule has 1 rings (SSSR count). The Bertz CT molecular complexity index is 1290. The van der Waals surface area contributed by atoms with Gasteiger partial charge in [-0.25, -0.2) is 4.18 Å². The van der Waals surface area contributed by atoms with Crippen LogP contribution in [-0.2, 0) is 28.9 Å². The predicted octanol–water partition coefficient (Wildman–Crippen LogP) is 8.24. The minimum Gasteiger partial charge on any atom is -0.394 e. The Morgan fingerprint density at radius 3 is 1.75 bits per heavy atom. The number of nitrogens with one attached hydrogen (secondary N) is 1. The molecular formula is C47H85NO12S. The minimum absolute atomic E-state index is 0.234. The van der Waals surface area contributed by atoms with E-state index in [9.17, 15) is 43.3 Å². The van der Waals surface area contributed by atoms with Crippen molar-refractivity contribution >= 4 is 16.3 Å². The summed E-state index contributed by atoms with van der Waals surface area (Å²) in [4.78, 5) is 13.1. The Kier molecular flexibility index (Phi) is 35.0. The lowest BCUT2D eigenvalue weighted by molar-refractivity contribution is -0.298. The van der Waals surface area contributed by atoms with Gasteiger partial charge in [0.2, 0.25) is 5.91 Å². The van der Waals surface area contributed by atoms with Crippen molar-refractivity contribution in [3.05, 3.63) is 48.6 Å². The number of ether oxygens (including phenoxy) is 2. The van der Waals surface area contributed by atoms with Crippen molar-refractivity contribution in [1.29, 1.82) is 0 Å². The van der Waals surface area contributed by atoms with Crippen LogP contribution in [0.5, 0.6) is 0 Å². The zero-order valence-corrected chi connectivity index (χ0v) is 38.4. The minimum atomic E-state index is -5.12. The molecule has 1 fully saturated rings. The molecular weight excluding hydrogens is 803 g/mol. The molecule has 1 saturated heterocycles. The molecule has 61 heavy (non-hydrogen) atoms. The Labute approximate surface area is 369 Å². The Hall–Kier alpha value is -1.98. The zero-order chi connectivity index (χ0) is 45.0. The van der Waals surface area contributed by atoms with Gasteiger partial charge in [-0.3, -0.25) is 9.35 Å². The number of carbonyl (C=O) groups is 1. The first kappa shape index (κ1) is 57.0. The molecule has 8 unspecified atom stereocenters. The van der Waals surface area contributed by atoms with Gasteiger partial charge in [0.05, 0.1) is 25.4 Å². The van der Waals surface area contributed by atoms with Gasteiger partial charge >= 0.3 is 10.4 Å². The number of hydrogen-bond donors (Lipinski definition) is 7. The van der Waals surface area contributed by atoms with Gasteiger partial charge in [-0.1, -0.05) is 172 Å². The number of carbonyl (C=O) groups excluding carboxylic acids is 1. The third-order valence-electron chi connectivity index (χ3n) is 11.0. The van der Waals surface area contributed by atoms with Gasteiger partial charge in [0.1, 0.15) is 30.5 Å². The number of unbranched alkanes of at least 4 members (excludes halogenated alkanes) is 20. The number of aliphatic hydroxyl groups excluding tert-OH is 5. The molecule has 1 aliphatic heterocycles. The van der Waals surface area contributed by atoms with Gasteiger partial charge in [-0.05, 0) is 57.8 Å². The molecule has 14 heteroatoms. The van der Waals surface area contributed by atoms with Crippen LogP contribution in [0, 0.1) is 0 Å². The molecule has 13 nitrogen and oxygen atoms in total. The highest BCUT2D eigenvalue weighted by Crippen LogP contribution is 2.26. The average Bonchev–Trinajstić information content (AvgIpc) is 3.23. The number of aliphatic hydroxyl groups is 5. The van der Waals surface area contributed by atoms with E-state index >= 15 is 0 Å². The van der Waals surface area contributed by atoms with E-state index in [1.807, 2.05) is 0 Å². The smallest absolute Gasteiger partial charge is 0.394 e. The zero-order valence-electron chi connectivity index (χ0n) is 37.6. The lowest BCUT2D eigenvalue weighted by Gasteiger charge is -2.41. The van der Waals surface area contributed by atoms with Crippen LogP contribution < -0.4 is 5.32 Å². The standard InChI is InChI=1S/C47H85NO12S/c1-3-5-7-9-11-13-15-17-18-19-20-21-22-23-24-26-28-30-32-34-36-41(51)46(54)48-39(40(50)35-33-31-29-27-25-16-14-12-10-8-6-4-2)38-58-47-44(53)45(60-61(55,56)57)43(52)42(37-49)59-47/h5,7,11,13,25,27,33,35,39-45,47,49-53H,3-4,6,8-10,12,14-24,26,28-32,34,36-38H2,1-2H3,(H,48,54)(H,55,56,57)/b7-5-,13-11-,27-25+,35-33+. The highest BCUT2D eigenvalue weighted by molar-refractivity contribution is 7.80.